The molecular formula is C39H39N2O4S+. The lowest BCUT2D eigenvalue weighted by Gasteiger charge is -2.24. The highest BCUT2D eigenvalue weighted by Crippen LogP contribution is 2.48. The van der Waals surface area contributed by atoms with Gasteiger partial charge in [-0.2, -0.15) is 4.58 Å². The zero-order valence-electron chi connectivity index (χ0n) is 27.1. The quantitative estimate of drug-likeness (QED) is 0.254. The first kappa shape index (κ1) is 31.4. The molecule has 3 aromatic carbocycles. The van der Waals surface area contributed by atoms with E-state index >= 15 is 0 Å². The molecule has 0 spiro atoms. The van der Waals surface area contributed by atoms with Crippen molar-refractivity contribution >= 4 is 40.8 Å². The number of carboxylic acids is 2. The maximum Gasteiger partial charge on any atom is 0.335 e. The van der Waals surface area contributed by atoms with Gasteiger partial charge in [0.2, 0.25) is 5.69 Å². The molecule has 0 unspecified atom stereocenters. The summed E-state index contributed by atoms with van der Waals surface area (Å²) < 4.78 is 2.17. The van der Waals surface area contributed by atoms with Gasteiger partial charge in [-0.05, 0) is 91.9 Å². The summed E-state index contributed by atoms with van der Waals surface area (Å²) in [4.78, 5) is 28.0. The maximum atomic E-state index is 11.7. The minimum Gasteiger partial charge on any atom is -0.478 e. The Morgan fingerprint density at radius 1 is 0.826 bits per heavy atom. The van der Waals surface area contributed by atoms with Gasteiger partial charge in [-0.15, -0.1) is 0 Å². The Morgan fingerprint density at radius 3 is 2.15 bits per heavy atom. The summed E-state index contributed by atoms with van der Waals surface area (Å²) in [5, 5.41) is 19.2. The highest BCUT2D eigenvalue weighted by molar-refractivity contribution is 8.03. The molecule has 3 aromatic rings. The molecule has 6 nitrogen and oxygen atoms in total. The van der Waals surface area contributed by atoms with E-state index in [2.05, 4.69) is 85.7 Å². The van der Waals surface area contributed by atoms with Crippen LogP contribution in [0.5, 0.6) is 0 Å². The molecule has 2 heterocycles. The molecule has 0 saturated carbocycles. The van der Waals surface area contributed by atoms with Crippen LogP contribution in [0.15, 0.2) is 118 Å². The largest absolute Gasteiger partial charge is 0.478 e. The summed E-state index contributed by atoms with van der Waals surface area (Å²) in [6, 6.07) is 21.2. The summed E-state index contributed by atoms with van der Waals surface area (Å²) in [6.45, 7) is 8.60. The second-order valence-corrected chi connectivity index (χ2v) is 14.3. The summed E-state index contributed by atoms with van der Waals surface area (Å²) in [6.07, 6.45) is 10.7. The lowest BCUT2D eigenvalue weighted by atomic mass is 9.80. The second-order valence-electron chi connectivity index (χ2n) is 13.2. The molecule has 0 fully saturated rings. The molecule has 234 valence electrons. The van der Waals surface area contributed by atoms with Crippen molar-refractivity contribution in [2.24, 2.45) is 0 Å². The van der Waals surface area contributed by atoms with Crippen LogP contribution < -0.4 is 4.90 Å². The van der Waals surface area contributed by atoms with Gasteiger partial charge >= 0.3 is 11.9 Å². The second kappa shape index (κ2) is 11.6. The van der Waals surface area contributed by atoms with E-state index in [4.69, 9.17) is 0 Å². The minimum atomic E-state index is -0.917. The minimum absolute atomic E-state index is 0.302. The van der Waals surface area contributed by atoms with Crippen molar-refractivity contribution < 1.29 is 24.4 Å². The monoisotopic (exact) mass is 631 g/mol. The molecule has 46 heavy (non-hydrogen) atoms. The molecular weight excluding hydrogens is 593 g/mol. The summed E-state index contributed by atoms with van der Waals surface area (Å²) in [5.41, 5.74) is 8.76. The molecule has 0 atom stereocenters. The van der Waals surface area contributed by atoms with Crippen LogP contribution in [-0.2, 0) is 10.8 Å². The van der Waals surface area contributed by atoms with Gasteiger partial charge in [-0.1, -0.05) is 56.0 Å². The van der Waals surface area contributed by atoms with Crippen LogP contribution in [0.4, 0.5) is 11.4 Å². The fourth-order valence-electron chi connectivity index (χ4n) is 7.06. The fraction of sp³-hybridized carbons (Fsp3) is 0.256. The average Bonchev–Trinajstić information content (AvgIpc) is 3.56. The third kappa shape index (κ3) is 5.32. The van der Waals surface area contributed by atoms with Crippen LogP contribution in [0, 0.1) is 0 Å². The van der Waals surface area contributed by atoms with Gasteiger partial charge < -0.3 is 15.1 Å². The number of anilines is 1. The van der Waals surface area contributed by atoms with Crippen molar-refractivity contribution in [2.75, 3.05) is 19.0 Å². The number of aromatic carboxylic acids is 2. The Balaban J connectivity index is 1.38. The van der Waals surface area contributed by atoms with E-state index in [0.717, 1.165) is 46.8 Å². The van der Waals surface area contributed by atoms with Crippen LogP contribution in [0.25, 0.3) is 0 Å². The van der Waals surface area contributed by atoms with E-state index in [-0.39, 0.29) is 10.8 Å². The Bertz CT molecular complexity index is 1940. The molecule has 2 aliphatic heterocycles. The van der Waals surface area contributed by atoms with Gasteiger partial charge in [0, 0.05) is 51.4 Å². The smallest absolute Gasteiger partial charge is 0.335 e. The topological polar surface area (TPSA) is 80.8 Å². The number of carbonyl (C=O) groups is 2. The predicted octanol–water partition coefficient (Wildman–Crippen LogP) is 8.72. The van der Waals surface area contributed by atoms with Crippen molar-refractivity contribution in [1.82, 2.24) is 0 Å². The van der Waals surface area contributed by atoms with E-state index in [1.807, 2.05) is 32.3 Å². The highest BCUT2D eigenvalue weighted by atomic mass is 32.2. The van der Waals surface area contributed by atoms with E-state index in [9.17, 15) is 19.8 Å². The molecule has 0 amide bonds. The highest BCUT2D eigenvalue weighted by Gasteiger charge is 2.43. The first-order chi connectivity index (χ1) is 21.8. The van der Waals surface area contributed by atoms with Gasteiger partial charge in [0.1, 0.15) is 7.05 Å². The van der Waals surface area contributed by atoms with Gasteiger partial charge in [0.25, 0.3) is 0 Å². The maximum absolute atomic E-state index is 11.7. The lowest BCUT2D eigenvalue weighted by molar-refractivity contribution is -0.401. The number of hydrogen-bond donors (Lipinski definition) is 2. The third-order valence-corrected chi connectivity index (χ3v) is 10.9. The Kier molecular flexibility index (Phi) is 7.93. The van der Waals surface area contributed by atoms with E-state index in [1.165, 1.54) is 20.9 Å². The first-order valence-corrected chi connectivity index (χ1v) is 16.3. The van der Waals surface area contributed by atoms with Crippen LogP contribution in [0.1, 0.15) is 72.4 Å². The zero-order chi connectivity index (χ0) is 33.0. The average molecular weight is 632 g/mol. The van der Waals surface area contributed by atoms with Gasteiger partial charge in [0.05, 0.1) is 16.5 Å². The van der Waals surface area contributed by atoms with Crippen molar-refractivity contribution in [3.8, 4) is 0 Å². The molecule has 0 aromatic heterocycles. The molecule has 2 N–H and O–H groups in total. The Hall–Kier alpha value is -4.62. The summed E-state index contributed by atoms with van der Waals surface area (Å²) in [5.74, 6) is -1.83. The van der Waals surface area contributed by atoms with Gasteiger partial charge in [0.15, 0.2) is 5.71 Å². The Morgan fingerprint density at radius 2 is 1.48 bits per heavy atom. The standard InChI is InChI=1S/C39H38N2O4S/c1-38(2)29-22-26(36(42)43)14-18-31(29)40(5)33(38)20-16-24-12-13-25(35(24)46-28-10-8-7-9-11-28)17-21-34-39(3,4)30-23-27(37(44)45)15-19-32(30)41(34)6/h7-11,14-23H,12-13H2,1-6H3,(H-,42,43,44,45)/p+1. The zero-order valence-corrected chi connectivity index (χ0v) is 27.9. The molecule has 0 bridgehead atoms. The molecule has 3 aliphatic rings. The van der Waals surface area contributed by atoms with Crippen molar-refractivity contribution in [1.29, 1.82) is 0 Å². The van der Waals surface area contributed by atoms with Crippen molar-refractivity contribution in [3.63, 3.8) is 0 Å². The number of likely N-dealkylation sites (N-methyl/N-ethyl adjacent to an activating group) is 1. The number of rotatable bonds is 7. The molecule has 7 heteroatoms. The Labute approximate surface area is 274 Å². The molecule has 0 radical (unpaired) electrons. The van der Waals surface area contributed by atoms with Gasteiger partial charge in [-0.3, -0.25) is 0 Å². The van der Waals surface area contributed by atoms with Gasteiger partial charge in [-0.25, -0.2) is 9.59 Å². The SMILES string of the molecule is CN1C(=CC=C2CCC(C=CC3=[N+](C)c4ccc(C(=O)O)cc4C3(C)C)=C2Sc2ccccc2)C(C)(C)c2cc(C(=O)O)ccc21. The number of fused-ring (bicyclic) bond motifs is 2. The number of benzene rings is 3. The number of thioether (sulfide) groups is 1. The number of hydrogen-bond acceptors (Lipinski definition) is 4. The van der Waals surface area contributed by atoms with Crippen molar-refractivity contribution in [3.05, 3.63) is 135 Å². The normalized spacial score (nSPS) is 19.9. The third-order valence-electron chi connectivity index (χ3n) is 9.65. The predicted molar refractivity (Wildman–Crippen MR) is 186 cm³/mol. The van der Waals surface area contributed by atoms with E-state index < -0.39 is 11.9 Å². The number of allylic oxidation sites excluding steroid dienone is 7. The van der Waals surface area contributed by atoms with Crippen molar-refractivity contribution in [2.45, 2.75) is 56.3 Å². The number of carboxylic acid groups (broad SMARTS) is 2. The fourth-order valence-corrected chi connectivity index (χ4v) is 8.19. The number of nitrogens with zero attached hydrogens (tertiary/aromatic N) is 2. The molecule has 1 aliphatic carbocycles. The lowest BCUT2D eigenvalue weighted by Crippen LogP contribution is -2.26. The first-order valence-electron chi connectivity index (χ1n) is 15.5. The molecule has 6 rings (SSSR count). The van der Waals surface area contributed by atoms with Crippen LogP contribution in [0.3, 0.4) is 0 Å². The van der Waals surface area contributed by atoms with E-state index in [1.54, 1.807) is 36.0 Å². The molecule has 0 saturated heterocycles. The summed E-state index contributed by atoms with van der Waals surface area (Å²) in [7, 11) is 4.09. The van der Waals surface area contributed by atoms with Crippen LogP contribution in [0.2, 0.25) is 0 Å². The summed E-state index contributed by atoms with van der Waals surface area (Å²) >= 11 is 1.78. The van der Waals surface area contributed by atoms with E-state index in [0.29, 0.717) is 11.1 Å². The van der Waals surface area contributed by atoms with Crippen LogP contribution >= 0.6 is 11.8 Å². The van der Waals surface area contributed by atoms with Crippen LogP contribution in [-0.4, -0.2) is 46.5 Å².